The number of carbonyl (C=O) groups is 2. The molecule has 1 aliphatic carbocycles. The number of rotatable bonds is 6. The molecule has 0 bridgehead atoms. The minimum absolute atomic E-state index is 0.166. The molecule has 27 heavy (non-hydrogen) atoms. The van der Waals surface area contributed by atoms with Crippen LogP contribution in [0, 0.1) is 17.3 Å². The zero-order chi connectivity index (χ0) is 19.3. The van der Waals surface area contributed by atoms with Gasteiger partial charge in [0.05, 0.1) is 13.2 Å². The topological polar surface area (TPSA) is 49.9 Å². The van der Waals surface area contributed by atoms with Gasteiger partial charge in [0.1, 0.15) is 0 Å². The molecule has 1 atom stereocenters. The van der Waals surface area contributed by atoms with Gasteiger partial charge in [-0.3, -0.25) is 9.59 Å². The molecule has 5 heteroatoms. The van der Waals surface area contributed by atoms with Crippen molar-refractivity contribution in [3.05, 3.63) is 0 Å². The first kappa shape index (κ1) is 20.6. The Kier molecular flexibility index (Phi) is 7.18. The van der Waals surface area contributed by atoms with Crippen molar-refractivity contribution in [1.82, 2.24) is 9.80 Å². The molecular weight excluding hydrogens is 340 g/mol. The first-order valence-corrected chi connectivity index (χ1v) is 11.2. The summed E-state index contributed by atoms with van der Waals surface area (Å²) in [6.07, 6.45) is 9.76. The van der Waals surface area contributed by atoms with Crippen LogP contribution in [0.25, 0.3) is 0 Å². The molecule has 2 aliphatic heterocycles. The molecule has 0 aromatic carbocycles. The number of hydrogen-bond donors (Lipinski definition) is 0. The largest absolute Gasteiger partial charge is 0.378 e. The number of ether oxygens (including phenoxy) is 1. The molecule has 3 aliphatic rings. The van der Waals surface area contributed by atoms with Gasteiger partial charge in [-0.25, -0.2) is 0 Å². The van der Waals surface area contributed by atoms with Gasteiger partial charge in [-0.05, 0) is 43.4 Å². The summed E-state index contributed by atoms with van der Waals surface area (Å²) in [5, 5.41) is 0. The van der Waals surface area contributed by atoms with E-state index in [-0.39, 0.29) is 17.2 Å². The van der Waals surface area contributed by atoms with Crippen molar-refractivity contribution in [3.63, 3.8) is 0 Å². The van der Waals surface area contributed by atoms with Crippen molar-refractivity contribution in [2.24, 2.45) is 17.3 Å². The maximum atomic E-state index is 13.0. The zero-order valence-corrected chi connectivity index (χ0v) is 17.4. The lowest BCUT2D eigenvalue weighted by Gasteiger charge is -2.38. The minimum Gasteiger partial charge on any atom is -0.378 e. The monoisotopic (exact) mass is 378 g/mol. The van der Waals surface area contributed by atoms with Gasteiger partial charge in [0.15, 0.2) is 0 Å². The maximum Gasteiger partial charge on any atom is 0.225 e. The van der Waals surface area contributed by atoms with Crippen molar-refractivity contribution in [1.29, 1.82) is 0 Å². The quantitative estimate of drug-likeness (QED) is 0.711. The van der Waals surface area contributed by atoms with E-state index in [4.69, 9.17) is 4.74 Å². The summed E-state index contributed by atoms with van der Waals surface area (Å²) in [6.45, 7) is 8.83. The van der Waals surface area contributed by atoms with Crippen LogP contribution in [0.15, 0.2) is 0 Å². The molecule has 3 rings (SSSR count). The molecule has 2 heterocycles. The number of hydrogen-bond acceptors (Lipinski definition) is 3. The van der Waals surface area contributed by atoms with E-state index in [1.807, 2.05) is 4.90 Å². The van der Waals surface area contributed by atoms with Gasteiger partial charge in [-0.2, -0.15) is 0 Å². The van der Waals surface area contributed by atoms with Gasteiger partial charge in [0.2, 0.25) is 11.8 Å². The van der Waals surface area contributed by atoms with Crippen LogP contribution in [0.1, 0.15) is 71.6 Å². The third-order valence-corrected chi connectivity index (χ3v) is 7.38. The van der Waals surface area contributed by atoms with Gasteiger partial charge in [-0.1, -0.05) is 33.1 Å². The van der Waals surface area contributed by atoms with Gasteiger partial charge >= 0.3 is 0 Å². The lowest BCUT2D eigenvalue weighted by molar-refractivity contribution is -0.136. The number of likely N-dealkylation sites (tertiary alicyclic amines) is 1. The Morgan fingerprint density at radius 2 is 1.70 bits per heavy atom. The average Bonchev–Trinajstić information content (AvgIpc) is 3.05. The Hall–Kier alpha value is -1.10. The molecular formula is C22H38N2O3. The fraction of sp³-hybridized carbons (Fsp3) is 0.909. The molecule has 1 saturated carbocycles. The van der Waals surface area contributed by atoms with E-state index < -0.39 is 0 Å². The van der Waals surface area contributed by atoms with E-state index in [0.29, 0.717) is 31.5 Å². The second kappa shape index (κ2) is 9.40. The summed E-state index contributed by atoms with van der Waals surface area (Å²) in [5.74, 6) is 1.28. The molecule has 2 saturated heterocycles. The number of carbonyl (C=O) groups excluding carboxylic acids is 2. The Morgan fingerprint density at radius 3 is 2.33 bits per heavy atom. The molecule has 154 valence electrons. The highest BCUT2D eigenvalue weighted by molar-refractivity contribution is 5.79. The highest BCUT2D eigenvalue weighted by Crippen LogP contribution is 2.49. The van der Waals surface area contributed by atoms with E-state index in [0.717, 1.165) is 45.4 Å². The van der Waals surface area contributed by atoms with Crippen molar-refractivity contribution in [2.45, 2.75) is 71.6 Å². The van der Waals surface area contributed by atoms with Crippen LogP contribution >= 0.6 is 0 Å². The first-order valence-electron chi connectivity index (χ1n) is 11.2. The van der Waals surface area contributed by atoms with Crippen LogP contribution in [-0.4, -0.2) is 61.0 Å². The molecule has 5 nitrogen and oxygen atoms in total. The molecule has 3 fully saturated rings. The highest BCUT2D eigenvalue weighted by Gasteiger charge is 2.48. The molecule has 0 radical (unpaired) electrons. The third-order valence-electron chi connectivity index (χ3n) is 7.38. The van der Waals surface area contributed by atoms with Crippen LogP contribution in [-0.2, 0) is 14.3 Å². The first-order chi connectivity index (χ1) is 13.1. The Balaban J connectivity index is 1.63. The molecule has 0 aromatic rings. The van der Waals surface area contributed by atoms with Gasteiger partial charge < -0.3 is 14.5 Å². The second-order valence-electron chi connectivity index (χ2n) is 8.88. The number of morpholine rings is 1. The minimum atomic E-state index is 0.166. The normalized spacial score (nSPS) is 25.4. The van der Waals surface area contributed by atoms with Crippen LogP contribution in [0.3, 0.4) is 0 Å². The van der Waals surface area contributed by atoms with E-state index in [1.54, 1.807) is 0 Å². The lowest BCUT2D eigenvalue weighted by atomic mass is 9.66. The predicted octanol–water partition coefficient (Wildman–Crippen LogP) is 3.47. The summed E-state index contributed by atoms with van der Waals surface area (Å²) in [4.78, 5) is 29.8. The summed E-state index contributed by atoms with van der Waals surface area (Å²) in [7, 11) is 0. The molecule has 1 spiro atoms. The Labute approximate surface area is 164 Å². The van der Waals surface area contributed by atoms with E-state index in [2.05, 4.69) is 18.7 Å². The Morgan fingerprint density at radius 1 is 1.04 bits per heavy atom. The highest BCUT2D eigenvalue weighted by atomic mass is 16.5. The summed E-state index contributed by atoms with van der Waals surface area (Å²) < 4.78 is 5.36. The standard InChI is InChI=1S/C22H38N2O3/c1-3-18(4-2)21(26)24-16-19(22(17-24)10-6-5-7-11-22)8-9-20(25)23-12-14-27-15-13-23/h18-19H,3-17H2,1-2H3. The van der Waals surface area contributed by atoms with Crippen LogP contribution < -0.4 is 0 Å². The van der Waals surface area contributed by atoms with Gasteiger partial charge in [0.25, 0.3) is 0 Å². The summed E-state index contributed by atoms with van der Waals surface area (Å²) >= 11 is 0. The zero-order valence-electron chi connectivity index (χ0n) is 17.4. The molecule has 2 amide bonds. The van der Waals surface area contributed by atoms with E-state index >= 15 is 0 Å². The smallest absolute Gasteiger partial charge is 0.225 e. The maximum absolute atomic E-state index is 13.0. The van der Waals surface area contributed by atoms with Crippen molar-refractivity contribution >= 4 is 11.8 Å². The number of nitrogens with zero attached hydrogens (tertiary/aromatic N) is 2. The lowest BCUT2D eigenvalue weighted by Crippen LogP contribution is -2.41. The van der Waals surface area contributed by atoms with Crippen molar-refractivity contribution in [3.8, 4) is 0 Å². The van der Waals surface area contributed by atoms with Crippen LogP contribution in [0.4, 0.5) is 0 Å². The SMILES string of the molecule is CCC(CC)C(=O)N1CC(CCC(=O)N2CCOCC2)C2(CCCCC2)C1. The predicted molar refractivity (Wildman–Crippen MR) is 106 cm³/mol. The molecule has 0 aromatic heterocycles. The van der Waals surface area contributed by atoms with E-state index in [1.165, 1.54) is 32.1 Å². The van der Waals surface area contributed by atoms with Crippen LogP contribution in [0.5, 0.6) is 0 Å². The molecule has 0 N–H and O–H groups in total. The second-order valence-corrected chi connectivity index (χ2v) is 8.88. The van der Waals surface area contributed by atoms with Crippen molar-refractivity contribution < 1.29 is 14.3 Å². The van der Waals surface area contributed by atoms with Gasteiger partial charge in [-0.15, -0.1) is 0 Å². The Bertz CT molecular complexity index is 506. The third kappa shape index (κ3) is 4.67. The fourth-order valence-electron chi connectivity index (χ4n) is 5.59. The van der Waals surface area contributed by atoms with Crippen LogP contribution in [0.2, 0.25) is 0 Å². The van der Waals surface area contributed by atoms with E-state index in [9.17, 15) is 9.59 Å². The fourth-order valence-corrected chi connectivity index (χ4v) is 5.59. The average molecular weight is 379 g/mol. The molecule has 1 unspecified atom stereocenters. The summed E-state index contributed by atoms with van der Waals surface area (Å²) in [6, 6.07) is 0. The van der Waals surface area contributed by atoms with Gasteiger partial charge in [0, 0.05) is 38.5 Å². The number of amides is 2. The summed E-state index contributed by atoms with van der Waals surface area (Å²) in [5.41, 5.74) is 0.269. The van der Waals surface area contributed by atoms with Crippen molar-refractivity contribution in [2.75, 3.05) is 39.4 Å².